The molecule has 156 valence electrons. The molecule has 4 heteroatoms. The van der Waals surface area contributed by atoms with Crippen LogP contribution in [0.25, 0.3) is 10.9 Å². The highest BCUT2D eigenvalue weighted by Crippen LogP contribution is 2.39. The second-order valence-electron chi connectivity index (χ2n) is 8.45. The SMILES string of the molecule is CCCCC1CCC(C(=O)c2c(O)n(C(=O)c3ccccc3)c3ccccc23)CC1. The van der Waals surface area contributed by atoms with Gasteiger partial charge in [-0.25, -0.2) is 4.57 Å². The van der Waals surface area contributed by atoms with Crippen LogP contribution in [-0.4, -0.2) is 21.4 Å². The summed E-state index contributed by atoms with van der Waals surface area (Å²) in [4.78, 5) is 26.6. The van der Waals surface area contributed by atoms with Crippen molar-refractivity contribution < 1.29 is 14.7 Å². The third-order valence-corrected chi connectivity index (χ3v) is 6.50. The van der Waals surface area contributed by atoms with Gasteiger partial charge in [0.1, 0.15) is 0 Å². The van der Waals surface area contributed by atoms with Crippen LogP contribution in [0.2, 0.25) is 0 Å². The number of fused-ring (bicyclic) bond motifs is 1. The molecule has 1 aliphatic rings. The highest BCUT2D eigenvalue weighted by Gasteiger charge is 2.32. The number of Topliss-reactive ketones (excluding diaryl/α,β-unsaturated/α-hetero) is 1. The number of nitrogens with zero attached hydrogens (tertiary/aromatic N) is 1. The number of carbonyl (C=O) groups excluding carboxylic acids is 2. The minimum Gasteiger partial charge on any atom is -0.494 e. The zero-order valence-corrected chi connectivity index (χ0v) is 17.5. The molecule has 0 unspecified atom stereocenters. The number of hydrogen-bond acceptors (Lipinski definition) is 3. The molecule has 1 aromatic heterocycles. The van der Waals surface area contributed by atoms with E-state index in [-0.39, 0.29) is 23.5 Å². The molecule has 0 bridgehead atoms. The van der Waals surface area contributed by atoms with Crippen molar-refractivity contribution in [1.29, 1.82) is 0 Å². The molecule has 0 amide bonds. The van der Waals surface area contributed by atoms with Gasteiger partial charge < -0.3 is 5.11 Å². The molecule has 1 heterocycles. The Morgan fingerprint density at radius 2 is 1.63 bits per heavy atom. The molecule has 1 aliphatic carbocycles. The molecule has 1 N–H and O–H groups in total. The molecule has 1 saturated carbocycles. The van der Waals surface area contributed by atoms with Gasteiger partial charge in [0, 0.05) is 16.9 Å². The summed E-state index contributed by atoms with van der Waals surface area (Å²) >= 11 is 0. The number of benzene rings is 2. The van der Waals surface area contributed by atoms with Gasteiger partial charge in [-0.15, -0.1) is 0 Å². The molecule has 3 aromatic rings. The van der Waals surface area contributed by atoms with Gasteiger partial charge >= 0.3 is 0 Å². The Morgan fingerprint density at radius 1 is 0.967 bits per heavy atom. The normalized spacial score (nSPS) is 19.1. The van der Waals surface area contributed by atoms with Gasteiger partial charge in [0.15, 0.2) is 5.78 Å². The quantitative estimate of drug-likeness (QED) is 0.497. The lowest BCUT2D eigenvalue weighted by Crippen LogP contribution is -2.22. The second kappa shape index (κ2) is 8.86. The molecule has 4 nitrogen and oxygen atoms in total. The van der Waals surface area contributed by atoms with Crippen LogP contribution in [0.15, 0.2) is 54.6 Å². The Labute approximate surface area is 177 Å². The molecular weight excluding hydrogens is 374 g/mol. The molecule has 30 heavy (non-hydrogen) atoms. The maximum absolute atomic E-state index is 13.4. The topological polar surface area (TPSA) is 59.3 Å². The Hall–Kier alpha value is -2.88. The third kappa shape index (κ3) is 3.79. The van der Waals surface area contributed by atoms with Gasteiger partial charge in [-0.1, -0.05) is 62.6 Å². The molecule has 0 atom stereocenters. The van der Waals surface area contributed by atoms with E-state index in [1.807, 2.05) is 24.3 Å². The number of unbranched alkanes of at least 4 members (excludes halogenated alkanes) is 1. The summed E-state index contributed by atoms with van der Waals surface area (Å²) in [5.74, 6) is 0.0375. The lowest BCUT2D eigenvalue weighted by atomic mass is 9.77. The van der Waals surface area contributed by atoms with Gasteiger partial charge in [0.2, 0.25) is 5.88 Å². The molecule has 1 fully saturated rings. The number of para-hydroxylation sites is 1. The Bertz CT molecular complexity index is 1040. The summed E-state index contributed by atoms with van der Waals surface area (Å²) in [7, 11) is 0. The zero-order valence-electron chi connectivity index (χ0n) is 17.5. The van der Waals surface area contributed by atoms with Gasteiger partial charge in [0.25, 0.3) is 5.91 Å². The third-order valence-electron chi connectivity index (χ3n) is 6.50. The van der Waals surface area contributed by atoms with Crippen molar-refractivity contribution in [2.24, 2.45) is 11.8 Å². The van der Waals surface area contributed by atoms with Crippen molar-refractivity contribution in [3.8, 4) is 5.88 Å². The van der Waals surface area contributed by atoms with Crippen LogP contribution in [0.3, 0.4) is 0 Å². The largest absolute Gasteiger partial charge is 0.494 e. The molecule has 4 rings (SSSR count). The lowest BCUT2D eigenvalue weighted by Gasteiger charge is -2.27. The first-order valence-corrected chi connectivity index (χ1v) is 11.1. The van der Waals surface area contributed by atoms with E-state index in [0.717, 1.165) is 25.7 Å². The molecule has 0 radical (unpaired) electrons. The van der Waals surface area contributed by atoms with Crippen LogP contribution in [0.1, 0.15) is 72.6 Å². The van der Waals surface area contributed by atoms with Gasteiger partial charge in [0.05, 0.1) is 11.1 Å². The van der Waals surface area contributed by atoms with Crippen molar-refractivity contribution in [1.82, 2.24) is 4.57 Å². The van der Waals surface area contributed by atoms with Crippen LogP contribution in [0, 0.1) is 11.8 Å². The summed E-state index contributed by atoms with van der Waals surface area (Å²) < 4.78 is 1.28. The number of ketones is 1. The van der Waals surface area contributed by atoms with E-state index >= 15 is 0 Å². The van der Waals surface area contributed by atoms with Crippen molar-refractivity contribution >= 4 is 22.6 Å². The van der Waals surface area contributed by atoms with E-state index < -0.39 is 0 Å². The van der Waals surface area contributed by atoms with Gasteiger partial charge in [-0.3, -0.25) is 9.59 Å². The first-order chi connectivity index (χ1) is 14.6. The lowest BCUT2D eigenvalue weighted by molar-refractivity contribution is 0.0867. The first-order valence-electron chi connectivity index (χ1n) is 11.1. The number of carbonyl (C=O) groups is 2. The standard InChI is InChI=1S/C26H29NO3/c1-2-3-9-18-14-16-19(17-15-18)24(28)23-21-12-7-8-13-22(21)27(26(23)30)25(29)20-10-5-4-6-11-20/h4-8,10-13,18-19,30H,2-3,9,14-17H2,1H3. The number of rotatable bonds is 6. The smallest absolute Gasteiger partial charge is 0.265 e. The Kier molecular flexibility index (Phi) is 6.03. The maximum Gasteiger partial charge on any atom is 0.265 e. The average molecular weight is 404 g/mol. The van der Waals surface area contributed by atoms with E-state index in [0.29, 0.717) is 27.9 Å². The molecule has 0 aliphatic heterocycles. The van der Waals surface area contributed by atoms with E-state index in [1.54, 1.807) is 30.3 Å². The van der Waals surface area contributed by atoms with Crippen LogP contribution >= 0.6 is 0 Å². The Morgan fingerprint density at radius 3 is 2.33 bits per heavy atom. The van der Waals surface area contributed by atoms with Crippen molar-refractivity contribution in [2.45, 2.75) is 51.9 Å². The van der Waals surface area contributed by atoms with Crippen LogP contribution in [0.4, 0.5) is 0 Å². The van der Waals surface area contributed by atoms with Gasteiger partial charge in [-0.05, 0) is 49.8 Å². The number of hydrogen-bond donors (Lipinski definition) is 1. The van der Waals surface area contributed by atoms with Crippen molar-refractivity contribution in [2.75, 3.05) is 0 Å². The fourth-order valence-corrected chi connectivity index (χ4v) is 4.79. The molecule has 0 spiro atoms. The van der Waals surface area contributed by atoms with Crippen molar-refractivity contribution in [3.05, 3.63) is 65.7 Å². The highest BCUT2D eigenvalue weighted by atomic mass is 16.3. The number of aromatic nitrogens is 1. The zero-order chi connectivity index (χ0) is 21.1. The second-order valence-corrected chi connectivity index (χ2v) is 8.45. The van der Waals surface area contributed by atoms with Crippen LogP contribution in [0.5, 0.6) is 5.88 Å². The minimum atomic E-state index is -0.327. The van der Waals surface area contributed by atoms with E-state index in [4.69, 9.17) is 0 Å². The molecule has 2 aromatic carbocycles. The summed E-state index contributed by atoms with van der Waals surface area (Å²) in [6.45, 7) is 2.21. The van der Waals surface area contributed by atoms with Crippen molar-refractivity contribution in [3.63, 3.8) is 0 Å². The van der Waals surface area contributed by atoms with Crippen LogP contribution in [-0.2, 0) is 0 Å². The van der Waals surface area contributed by atoms with Gasteiger partial charge in [-0.2, -0.15) is 0 Å². The summed E-state index contributed by atoms with van der Waals surface area (Å²) in [6, 6.07) is 16.1. The summed E-state index contributed by atoms with van der Waals surface area (Å²) in [6.07, 6.45) is 7.56. The Balaban J connectivity index is 1.66. The summed E-state index contributed by atoms with van der Waals surface area (Å²) in [5, 5.41) is 11.7. The summed E-state index contributed by atoms with van der Waals surface area (Å²) in [5.41, 5.74) is 1.35. The fourth-order valence-electron chi connectivity index (χ4n) is 4.79. The average Bonchev–Trinajstić information content (AvgIpc) is 3.09. The predicted octanol–water partition coefficient (Wildman–Crippen LogP) is 6.21. The monoisotopic (exact) mass is 403 g/mol. The van der Waals surface area contributed by atoms with E-state index in [1.165, 1.54) is 23.8 Å². The van der Waals surface area contributed by atoms with E-state index in [9.17, 15) is 14.7 Å². The fraction of sp³-hybridized carbons (Fsp3) is 0.385. The maximum atomic E-state index is 13.4. The van der Waals surface area contributed by atoms with Crippen LogP contribution < -0.4 is 0 Å². The predicted molar refractivity (Wildman–Crippen MR) is 119 cm³/mol. The molecule has 0 saturated heterocycles. The van der Waals surface area contributed by atoms with E-state index in [2.05, 4.69) is 6.92 Å². The minimum absolute atomic E-state index is 0.0303. The molecular formula is C26H29NO3. The highest BCUT2D eigenvalue weighted by molar-refractivity contribution is 6.15. The first kappa shape index (κ1) is 20.4. The number of aromatic hydroxyl groups is 1.